The lowest BCUT2D eigenvalue weighted by atomic mass is 10.1. The smallest absolute Gasteiger partial charge is 0.289 e. The zero-order valence-electron chi connectivity index (χ0n) is 8.94. The van der Waals surface area contributed by atoms with Crippen LogP contribution in [-0.2, 0) is 13.0 Å². The summed E-state index contributed by atoms with van der Waals surface area (Å²) in [7, 11) is 0. The summed E-state index contributed by atoms with van der Waals surface area (Å²) in [6, 6.07) is 3.40. The van der Waals surface area contributed by atoms with Crippen molar-refractivity contribution in [2.45, 2.75) is 13.0 Å². The van der Waals surface area contributed by atoms with Crippen molar-refractivity contribution in [2.24, 2.45) is 0 Å². The molecular formula is C11H10BrN3O2. The maximum absolute atomic E-state index is 12.1. The van der Waals surface area contributed by atoms with E-state index in [1.54, 1.807) is 23.4 Å². The molecule has 0 bridgehead atoms. The first-order chi connectivity index (χ1) is 8.24. The lowest BCUT2D eigenvalue weighted by molar-refractivity contribution is 0.0698. The third-order valence-corrected chi connectivity index (χ3v) is 3.27. The Kier molecular flexibility index (Phi) is 2.51. The molecule has 0 atom stereocenters. The van der Waals surface area contributed by atoms with Crippen molar-refractivity contribution in [1.29, 1.82) is 0 Å². The first-order valence-electron chi connectivity index (χ1n) is 5.30. The topological polar surface area (TPSA) is 62.1 Å². The molecule has 2 aromatic heterocycles. The summed E-state index contributed by atoms with van der Waals surface area (Å²) in [6.45, 7) is 1.24. The number of carbonyl (C=O) groups is 1. The summed E-state index contributed by atoms with van der Waals surface area (Å²) in [4.78, 5) is 21.1. The molecule has 0 saturated carbocycles. The van der Waals surface area contributed by atoms with Gasteiger partial charge >= 0.3 is 0 Å². The number of furan rings is 1. The van der Waals surface area contributed by atoms with Crippen LogP contribution in [0.5, 0.6) is 0 Å². The highest BCUT2D eigenvalue weighted by Crippen LogP contribution is 2.20. The van der Waals surface area contributed by atoms with Gasteiger partial charge in [-0.15, -0.1) is 0 Å². The number of amides is 1. The van der Waals surface area contributed by atoms with Gasteiger partial charge in [0.25, 0.3) is 5.91 Å². The average molecular weight is 296 g/mol. The average Bonchev–Trinajstić information content (AvgIpc) is 2.95. The summed E-state index contributed by atoms with van der Waals surface area (Å²) in [5, 5.41) is 0. The van der Waals surface area contributed by atoms with E-state index in [2.05, 4.69) is 25.9 Å². The van der Waals surface area contributed by atoms with Crippen molar-refractivity contribution in [3.8, 4) is 0 Å². The van der Waals surface area contributed by atoms with Gasteiger partial charge in [0, 0.05) is 13.0 Å². The van der Waals surface area contributed by atoms with Crippen LogP contribution in [0, 0.1) is 0 Å². The van der Waals surface area contributed by atoms with Crippen LogP contribution in [0.25, 0.3) is 0 Å². The summed E-state index contributed by atoms with van der Waals surface area (Å²) < 4.78 is 5.84. The summed E-state index contributed by atoms with van der Waals surface area (Å²) >= 11 is 3.19. The van der Waals surface area contributed by atoms with Crippen molar-refractivity contribution in [2.75, 3.05) is 6.54 Å². The van der Waals surface area contributed by atoms with E-state index in [0.29, 0.717) is 23.5 Å². The Morgan fingerprint density at radius 3 is 3.18 bits per heavy atom. The van der Waals surface area contributed by atoms with E-state index in [0.717, 1.165) is 17.8 Å². The number of H-pyrrole nitrogens is 1. The number of carbonyl (C=O) groups excluding carboxylic acids is 1. The second kappa shape index (κ2) is 4.03. The highest BCUT2D eigenvalue weighted by atomic mass is 79.9. The molecule has 0 saturated heterocycles. The molecule has 2 aromatic rings. The van der Waals surface area contributed by atoms with Crippen molar-refractivity contribution in [1.82, 2.24) is 14.9 Å². The van der Waals surface area contributed by atoms with Crippen molar-refractivity contribution in [3.05, 3.63) is 40.3 Å². The number of nitrogens with zero attached hydrogens (tertiary/aromatic N) is 2. The van der Waals surface area contributed by atoms with Crippen LogP contribution < -0.4 is 0 Å². The van der Waals surface area contributed by atoms with Crippen LogP contribution in [0.15, 0.2) is 27.5 Å². The zero-order chi connectivity index (χ0) is 11.8. The van der Waals surface area contributed by atoms with E-state index < -0.39 is 0 Å². The van der Waals surface area contributed by atoms with Crippen LogP contribution in [-0.4, -0.2) is 27.3 Å². The highest BCUT2D eigenvalue weighted by molar-refractivity contribution is 9.10. The molecule has 0 aromatic carbocycles. The number of rotatable bonds is 1. The van der Waals surface area contributed by atoms with Crippen molar-refractivity contribution >= 4 is 21.8 Å². The second-order valence-electron chi connectivity index (χ2n) is 3.91. The maximum Gasteiger partial charge on any atom is 0.289 e. The van der Waals surface area contributed by atoms with Gasteiger partial charge in [0.2, 0.25) is 0 Å². The van der Waals surface area contributed by atoms with Gasteiger partial charge in [-0.25, -0.2) is 4.98 Å². The van der Waals surface area contributed by atoms with Gasteiger partial charge in [0.1, 0.15) is 0 Å². The van der Waals surface area contributed by atoms with Crippen LogP contribution >= 0.6 is 15.9 Å². The van der Waals surface area contributed by atoms with Gasteiger partial charge in [-0.2, -0.15) is 0 Å². The Morgan fingerprint density at radius 2 is 2.41 bits per heavy atom. The molecule has 17 heavy (non-hydrogen) atoms. The minimum atomic E-state index is -0.0871. The molecule has 88 valence electrons. The van der Waals surface area contributed by atoms with E-state index in [1.807, 2.05) is 0 Å². The maximum atomic E-state index is 12.1. The lowest BCUT2D eigenvalue weighted by Crippen LogP contribution is -2.35. The molecule has 5 nitrogen and oxygen atoms in total. The fourth-order valence-corrected chi connectivity index (χ4v) is 2.28. The summed E-state index contributed by atoms with van der Waals surface area (Å²) in [5.74, 6) is 0.274. The number of hydrogen-bond acceptors (Lipinski definition) is 3. The monoisotopic (exact) mass is 295 g/mol. The standard InChI is InChI=1S/C11H10BrN3O2/c12-10-2-1-9(17-10)11(16)15-4-3-7-8(5-15)14-6-13-7/h1-2,6H,3-5H2,(H,13,14). The lowest BCUT2D eigenvalue weighted by Gasteiger charge is -2.25. The molecule has 6 heteroatoms. The van der Waals surface area contributed by atoms with E-state index in [-0.39, 0.29) is 5.91 Å². The molecule has 1 aliphatic heterocycles. The van der Waals surface area contributed by atoms with Crippen LogP contribution in [0.4, 0.5) is 0 Å². The van der Waals surface area contributed by atoms with Gasteiger partial charge in [-0.05, 0) is 28.1 Å². The van der Waals surface area contributed by atoms with Gasteiger partial charge in [0.15, 0.2) is 10.4 Å². The first-order valence-corrected chi connectivity index (χ1v) is 6.09. The van der Waals surface area contributed by atoms with E-state index in [1.165, 1.54) is 0 Å². The van der Waals surface area contributed by atoms with Gasteiger partial charge < -0.3 is 14.3 Å². The molecule has 0 fully saturated rings. The van der Waals surface area contributed by atoms with Crippen molar-refractivity contribution in [3.63, 3.8) is 0 Å². The predicted octanol–water partition coefficient (Wildman–Crippen LogP) is 1.96. The fourth-order valence-electron chi connectivity index (χ4n) is 1.97. The Morgan fingerprint density at radius 1 is 1.53 bits per heavy atom. The Bertz CT molecular complexity index is 561. The molecule has 1 N–H and O–H groups in total. The molecule has 1 amide bonds. The van der Waals surface area contributed by atoms with Gasteiger partial charge in [-0.3, -0.25) is 4.79 Å². The Balaban J connectivity index is 1.81. The quantitative estimate of drug-likeness (QED) is 0.875. The molecule has 0 unspecified atom stereocenters. The van der Waals surface area contributed by atoms with E-state index >= 15 is 0 Å². The summed E-state index contributed by atoms with van der Waals surface area (Å²) in [6.07, 6.45) is 2.45. The molecule has 0 spiro atoms. The van der Waals surface area contributed by atoms with E-state index in [9.17, 15) is 4.79 Å². The van der Waals surface area contributed by atoms with Crippen molar-refractivity contribution < 1.29 is 9.21 Å². The molecule has 0 aliphatic carbocycles. The minimum Gasteiger partial charge on any atom is -0.444 e. The second-order valence-corrected chi connectivity index (χ2v) is 4.69. The van der Waals surface area contributed by atoms with Crippen LogP contribution in [0.3, 0.4) is 0 Å². The molecule has 3 heterocycles. The Labute approximate surface area is 106 Å². The van der Waals surface area contributed by atoms with Gasteiger partial charge in [0.05, 0.1) is 24.3 Å². The summed E-state index contributed by atoms with van der Waals surface area (Å²) in [5.41, 5.74) is 2.06. The third-order valence-electron chi connectivity index (χ3n) is 2.85. The number of hydrogen-bond donors (Lipinski definition) is 1. The fraction of sp³-hybridized carbons (Fsp3) is 0.273. The molecule has 3 rings (SSSR count). The number of halogens is 1. The minimum absolute atomic E-state index is 0.0871. The normalized spacial score (nSPS) is 14.8. The predicted molar refractivity (Wildman–Crippen MR) is 63.4 cm³/mol. The largest absolute Gasteiger partial charge is 0.444 e. The zero-order valence-corrected chi connectivity index (χ0v) is 10.5. The van der Waals surface area contributed by atoms with E-state index in [4.69, 9.17) is 4.42 Å². The number of aromatic amines is 1. The highest BCUT2D eigenvalue weighted by Gasteiger charge is 2.24. The number of imidazole rings is 1. The number of fused-ring (bicyclic) bond motifs is 1. The number of aromatic nitrogens is 2. The third kappa shape index (κ3) is 1.88. The molecule has 1 aliphatic rings. The molecule has 0 radical (unpaired) electrons. The number of nitrogens with one attached hydrogen (secondary N) is 1. The van der Waals surface area contributed by atoms with Gasteiger partial charge in [-0.1, -0.05) is 0 Å². The SMILES string of the molecule is O=C(c1ccc(Br)o1)N1CCc2nc[nH]c2C1. The Hall–Kier alpha value is -1.56. The van der Waals surface area contributed by atoms with Crippen LogP contribution in [0.1, 0.15) is 21.9 Å². The first kappa shape index (κ1) is 10.6. The van der Waals surface area contributed by atoms with Crippen LogP contribution in [0.2, 0.25) is 0 Å². The molecular weight excluding hydrogens is 286 g/mol.